The Balaban J connectivity index is 1.89. The largest absolute Gasteiger partial charge is 0.441 e. The fourth-order valence-corrected chi connectivity index (χ4v) is 2.32. The third-order valence-corrected chi connectivity index (χ3v) is 3.29. The van der Waals surface area contributed by atoms with Gasteiger partial charge in [0, 0.05) is 23.0 Å². The molecule has 0 bridgehead atoms. The molecule has 1 aliphatic heterocycles. The van der Waals surface area contributed by atoms with Crippen molar-refractivity contribution in [2.24, 2.45) is 0 Å². The maximum absolute atomic E-state index is 5.95. The molecule has 1 fully saturated rings. The van der Waals surface area contributed by atoms with E-state index in [9.17, 15) is 0 Å². The zero-order chi connectivity index (χ0) is 11.7. The van der Waals surface area contributed by atoms with Crippen molar-refractivity contribution in [2.75, 3.05) is 13.1 Å². The minimum atomic E-state index is 0.454. The predicted molar refractivity (Wildman–Crippen MR) is 67.2 cm³/mol. The summed E-state index contributed by atoms with van der Waals surface area (Å²) in [5, 5.41) is 4.02. The molecule has 0 radical (unpaired) electrons. The third-order valence-electron chi connectivity index (χ3n) is 3.06. The van der Waals surface area contributed by atoms with Gasteiger partial charge in [0.25, 0.3) is 0 Å². The Morgan fingerprint density at radius 2 is 2.35 bits per heavy atom. The molecule has 1 atom stereocenters. The molecule has 1 aromatic carbocycles. The molecule has 1 unspecified atom stereocenters. The van der Waals surface area contributed by atoms with E-state index in [2.05, 4.69) is 10.3 Å². The molecule has 0 saturated carbocycles. The van der Waals surface area contributed by atoms with Gasteiger partial charge in [0.15, 0.2) is 0 Å². The summed E-state index contributed by atoms with van der Waals surface area (Å²) in [4.78, 5) is 4.32. The highest BCUT2D eigenvalue weighted by molar-refractivity contribution is 6.30. The number of oxazole rings is 1. The minimum absolute atomic E-state index is 0.454. The Labute approximate surface area is 105 Å². The van der Waals surface area contributed by atoms with Crippen LogP contribution in [0, 0.1) is 0 Å². The van der Waals surface area contributed by atoms with Crippen LogP contribution >= 0.6 is 11.6 Å². The first-order valence-electron chi connectivity index (χ1n) is 5.75. The Morgan fingerprint density at radius 1 is 1.41 bits per heavy atom. The molecule has 0 spiro atoms. The van der Waals surface area contributed by atoms with E-state index in [1.165, 1.54) is 0 Å². The molecular weight excluding hydrogens is 236 g/mol. The van der Waals surface area contributed by atoms with Gasteiger partial charge in [0.1, 0.15) is 5.76 Å². The first kappa shape index (κ1) is 10.8. The number of nitrogens with zero attached hydrogens (tertiary/aromatic N) is 1. The number of aromatic nitrogens is 1. The first-order chi connectivity index (χ1) is 8.33. The van der Waals surface area contributed by atoms with Crippen molar-refractivity contribution < 1.29 is 4.42 Å². The van der Waals surface area contributed by atoms with E-state index in [1.54, 1.807) is 0 Å². The minimum Gasteiger partial charge on any atom is -0.441 e. The number of halogens is 1. The molecule has 88 valence electrons. The molecule has 17 heavy (non-hydrogen) atoms. The zero-order valence-corrected chi connectivity index (χ0v) is 10.1. The fraction of sp³-hybridized carbons (Fsp3) is 0.308. The van der Waals surface area contributed by atoms with Crippen LogP contribution in [0.5, 0.6) is 0 Å². The van der Waals surface area contributed by atoms with Crippen molar-refractivity contribution >= 4 is 11.6 Å². The van der Waals surface area contributed by atoms with Crippen molar-refractivity contribution in [1.82, 2.24) is 10.3 Å². The van der Waals surface area contributed by atoms with E-state index < -0.39 is 0 Å². The van der Waals surface area contributed by atoms with Gasteiger partial charge in [-0.15, -0.1) is 0 Å². The number of rotatable bonds is 2. The highest BCUT2D eigenvalue weighted by Gasteiger charge is 2.20. The molecule has 1 N–H and O–H groups in total. The molecule has 0 aliphatic carbocycles. The van der Waals surface area contributed by atoms with Gasteiger partial charge < -0.3 is 9.73 Å². The predicted octanol–water partition coefficient (Wildman–Crippen LogP) is 3.07. The molecule has 3 rings (SSSR count). The van der Waals surface area contributed by atoms with Gasteiger partial charge in [0.05, 0.1) is 6.20 Å². The summed E-state index contributed by atoms with van der Waals surface area (Å²) in [7, 11) is 0. The van der Waals surface area contributed by atoms with Crippen molar-refractivity contribution in [2.45, 2.75) is 12.3 Å². The highest BCUT2D eigenvalue weighted by Crippen LogP contribution is 2.28. The summed E-state index contributed by atoms with van der Waals surface area (Å²) in [6.07, 6.45) is 2.94. The number of benzene rings is 1. The van der Waals surface area contributed by atoms with Crippen LogP contribution in [0.2, 0.25) is 5.02 Å². The van der Waals surface area contributed by atoms with Gasteiger partial charge in [0.2, 0.25) is 5.89 Å². The van der Waals surface area contributed by atoms with Crippen LogP contribution in [0.15, 0.2) is 34.9 Å². The van der Waals surface area contributed by atoms with Crippen LogP contribution in [0.25, 0.3) is 11.5 Å². The number of hydrogen-bond donors (Lipinski definition) is 1. The van der Waals surface area contributed by atoms with Gasteiger partial charge in [-0.1, -0.05) is 17.7 Å². The second-order valence-electron chi connectivity index (χ2n) is 4.27. The normalized spacial score (nSPS) is 19.7. The Bertz CT molecular complexity index is 518. The van der Waals surface area contributed by atoms with Crippen LogP contribution < -0.4 is 5.32 Å². The lowest BCUT2D eigenvalue weighted by molar-refractivity contribution is 0.481. The molecule has 3 nitrogen and oxygen atoms in total. The van der Waals surface area contributed by atoms with Crippen LogP contribution in [0.1, 0.15) is 18.1 Å². The summed E-state index contributed by atoms with van der Waals surface area (Å²) in [6.45, 7) is 2.03. The summed E-state index contributed by atoms with van der Waals surface area (Å²) in [6, 6.07) is 7.56. The molecule has 1 saturated heterocycles. The van der Waals surface area contributed by atoms with Gasteiger partial charge in [-0.05, 0) is 31.2 Å². The average molecular weight is 249 g/mol. The molecule has 0 amide bonds. The third kappa shape index (κ3) is 2.21. The van der Waals surface area contributed by atoms with E-state index in [0.29, 0.717) is 16.8 Å². The number of hydrogen-bond acceptors (Lipinski definition) is 3. The smallest absolute Gasteiger partial charge is 0.226 e. The number of nitrogens with one attached hydrogen (secondary N) is 1. The summed E-state index contributed by atoms with van der Waals surface area (Å²) in [5.41, 5.74) is 0.926. The molecular formula is C13H13ClN2O. The lowest BCUT2D eigenvalue weighted by atomic mass is 10.1. The monoisotopic (exact) mass is 248 g/mol. The van der Waals surface area contributed by atoms with Crippen molar-refractivity contribution in [1.29, 1.82) is 0 Å². The standard InChI is InChI=1S/C13H13ClN2O/c14-11-3-1-2-9(6-11)13-16-8-12(17-13)10-4-5-15-7-10/h1-3,6,8,10,15H,4-5,7H2. The van der Waals surface area contributed by atoms with Gasteiger partial charge >= 0.3 is 0 Å². The summed E-state index contributed by atoms with van der Waals surface area (Å²) in [5.74, 6) is 2.06. The van der Waals surface area contributed by atoms with E-state index >= 15 is 0 Å². The van der Waals surface area contributed by atoms with E-state index in [1.807, 2.05) is 30.5 Å². The molecule has 2 aromatic rings. The van der Waals surface area contributed by atoms with Crippen LogP contribution in [-0.4, -0.2) is 18.1 Å². The molecule has 1 aromatic heterocycles. The Kier molecular flexibility index (Phi) is 2.87. The van der Waals surface area contributed by atoms with Gasteiger partial charge in [-0.2, -0.15) is 0 Å². The van der Waals surface area contributed by atoms with Gasteiger partial charge in [-0.3, -0.25) is 0 Å². The molecule has 1 aliphatic rings. The fourth-order valence-electron chi connectivity index (χ4n) is 2.13. The van der Waals surface area contributed by atoms with Crippen molar-refractivity contribution in [3.63, 3.8) is 0 Å². The maximum atomic E-state index is 5.95. The Morgan fingerprint density at radius 3 is 3.12 bits per heavy atom. The van der Waals surface area contributed by atoms with E-state index in [0.717, 1.165) is 30.8 Å². The lowest BCUT2D eigenvalue weighted by Gasteiger charge is -2.02. The topological polar surface area (TPSA) is 38.1 Å². The lowest BCUT2D eigenvalue weighted by Crippen LogP contribution is -2.07. The second kappa shape index (κ2) is 4.51. The average Bonchev–Trinajstić information content (AvgIpc) is 3.00. The molecule has 2 heterocycles. The highest BCUT2D eigenvalue weighted by atomic mass is 35.5. The van der Waals surface area contributed by atoms with E-state index in [4.69, 9.17) is 16.0 Å². The van der Waals surface area contributed by atoms with Crippen LogP contribution in [0.3, 0.4) is 0 Å². The SMILES string of the molecule is Clc1cccc(-c2ncc(C3CCNC3)o2)c1. The second-order valence-corrected chi connectivity index (χ2v) is 4.70. The van der Waals surface area contributed by atoms with Gasteiger partial charge in [-0.25, -0.2) is 4.98 Å². The quantitative estimate of drug-likeness (QED) is 0.888. The summed E-state index contributed by atoms with van der Waals surface area (Å²) < 4.78 is 5.80. The summed E-state index contributed by atoms with van der Waals surface area (Å²) >= 11 is 5.95. The zero-order valence-electron chi connectivity index (χ0n) is 9.32. The van der Waals surface area contributed by atoms with Crippen molar-refractivity contribution in [3.8, 4) is 11.5 Å². The van der Waals surface area contributed by atoms with Crippen molar-refractivity contribution in [3.05, 3.63) is 41.2 Å². The van der Waals surface area contributed by atoms with E-state index in [-0.39, 0.29) is 0 Å². The Hall–Kier alpha value is -1.32. The first-order valence-corrected chi connectivity index (χ1v) is 6.13. The van der Waals surface area contributed by atoms with Crippen LogP contribution in [0.4, 0.5) is 0 Å². The molecule has 4 heteroatoms. The maximum Gasteiger partial charge on any atom is 0.226 e. The van der Waals surface area contributed by atoms with Crippen LogP contribution in [-0.2, 0) is 0 Å².